The highest BCUT2D eigenvalue weighted by molar-refractivity contribution is 5.93. The minimum atomic E-state index is -0.467. The Balaban J connectivity index is 2.44. The molecule has 0 saturated heterocycles. The number of hydrogen-bond donors (Lipinski definition) is 0. The van der Waals surface area contributed by atoms with E-state index in [1.165, 1.54) is 14.2 Å². The van der Waals surface area contributed by atoms with Crippen LogP contribution in [0.25, 0.3) is 0 Å². The summed E-state index contributed by atoms with van der Waals surface area (Å²) in [6, 6.07) is 5.21. The van der Waals surface area contributed by atoms with Gasteiger partial charge in [0.25, 0.3) is 0 Å². The Bertz CT molecular complexity index is 593. The summed E-state index contributed by atoms with van der Waals surface area (Å²) in [7, 11) is 4.38. The highest BCUT2D eigenvalue weighted by atomic mass is 16.5. The maximum absolute atomic E-state index is 11.7. The third kappa shape index (κ3) is 2.74. The van der Waals surface area contributed by atoms with Crippen molar-refractivity contribution in [2.75, 3.05) is 21.3 Å². The first kappa shape index (κ1) is 13.9. The molecular weight excluding hydrogens is 260 g/mol. The molecule has 20 heavy (non-hydrogen) atoms. The second-order valence-electron chi connectivity index (χ2n) is 4.06. The van der Waals surface area contributed by atoms with Gasteiger partial charge in [-0.15, -0.1) is 0 Å². The average Bonchev–Trinajstić information content (AvgIpc) is 2.98. The summed E-state index contributed by atoms with van der Waals surface area (Å²) in [6.07, 6.45) is 3.55. The standard InChI is InChI=1S/C14H16N2O4/c1-18-12-8-11(14(17)20-3)13(19-2)7-10(12)9-16-6-4-5-15-16/h4-8H,9H2,1-3H3. The van der Waals surface area contributed by atoms with Gasteiger partial charge < -0.3 is 14.2 Å². The molecule has 0 spiro atoms. The number of hydrogen-bond acceptors (Lipinski definition) is 5. The molecule has 0 N–H and O–H groups in total. The summed E-state index contributed by atoms with van der Waals surface area (Å²) >= 11 is 0. The van der Waals surface area contributed by atoms with E-state index in [2.05, 4.69) is 5.10 Å². The predicted octanol–water partition coefficient (Wildman–Crippen LogP) is 1.74. The van der Waals surface area contributed by atoms with Gasteiger partial charge in [0.05, 0.1) is 27.9 Å². The number of esters is 1. The Hall–Kier alpha value is -2.50. The smallest absolute Gasteiger partial charge is 0.341 e. The van der Waals surface area contributed by atoms with Crippen LogP contribution in [0.15, 0.2) is 30.6 Å². The number of rotatable bonds is 5. The first-order chi connectivity index (χ1) is 9.69. The van der Waals surface area contributed by atoms with Gasteiger partial charge in [-0.3, -0.25) is 4.68 Å². The third-order valence-corrected chi connectivity index (χ3v) is 2.90. The number of benzene rings is 1. The number of carbonyl (C=O) groups excluding carboxylic acids is 1. The lowest BCUT2D eigenvalue weighted by atomic mass is 10.1. The van der Waals surface area contributed by atoms with E-state index in [9.17, 15) is 4.79 Å². The lowest BCUT2D eigenvalue weighted by Crippen LogP contribution is -2.08. The third-order valence-electron chi connectivity index (χ3n) is 2.90. The van der Waals surface area contributed by atoms with Crippen molar-refractivity contribution in [3.05, 3.63) is 41.7 Å². The molecule has 0 aliphatic rings. The summed E-state index contributed by atoms with van der Waals surface area (Å²) in [5.41, 5.74) is 1.19. The van der Waals surface area contributed by atoms with Gasteiger partial charge in [0.15, 0.2) is 0 Å². The molecule has 0 aliphatic carbocycles. The zero-order valence-corrected chi connectivity index (χ0v) is 11.6. The molecule has 2 aromatic rings. The summed E-state index contributed by atoms with van der Waals surface area (Å²) in [5.74, 6) is 0.562. The second-order valence-corrected chi connectivity index (χ2v) is 4.06. The lowest BCUT2D eigenvalue weighted by molar-refractivity contribution is 0.0596. The molecule has 0 saturated carbocycles. The van der Waals surface area contributed by atoms with Crippen LogP contribution < -0.4 is 9.47 Å². The van der Waals surface area contributed by atoms with E-state index in [0.717, 1.165) is 5.56 Å². The fourth-order valence-corrected chi connectivity index (χ4v) is 1.92. The van der Waals surface area contributed by atoms with Crippen molar-refractivity contribution >= 4 is 5.97 Å². The van der Waals surface area contributed by atoms with Crippen molar-refractivity contribution in [1.82, 2.24) is 9.78 Å². The van der Waals surface area contributed by atoms with E-state index in [4.69, 9.17) is 14.2 Å². The predicted molar refractivity (Wildman–Crippen MR) is 72.2 cm³/mol. The topological polar surface area (TPSA) is 62.6 Å². The normalized spacial score (nSPS) is 10.2. The molecule has 6 heteroatoms. The minimum Gasteiger partial charge on any atom is -0.496 e. The quantitative estimate of drug-likeness (QED) is 0.778. The molecule has 106 valence electrons. The van der Waals surface area contributed by atoms with Crippen LogP contribution in [0.4, 0.5) is 0 Å². The van der Waals surface area contributed by atoms with Gasteiger partial charge in [-0.25, -0.2) is 4.79 Å². The van der Waals surface area contributed by atoms with Crippen LogP contribution in [0.5, 0.6) is 11.5 Å². The van der Waals surface area contributed by atoms with Crippen LogP contribution in [0.2, 0.25) is 0 Å². The zero-order valence-electron chi connectivity index (χ0n) is 11.6. The SMILES string of the molecule is COC(=O)c1cc(OC)c(Cn2cccn2)cc1OC. The van der Waals surface area contributed by atoms with E-state index in [0.29, 0.717) is 23.6 Å². The van der Waals surface area contributed by atoms with Crippen molar-refractivity contribution in [1.29, 1.82) is 0 Å². The van der Waals surface area contributed by atoms with Gasteiger partial charge in [0.1, 0.15) is 17.1 Å². The molecule has 6 nitrogen and oxygen atoms in total. The molecule has 1 aromatic heterocycles. The molecule has 0 atom stereocenters. The van der Waals surface area contributed by atoms with Gasteiger partial charge in [-0.1, -0.05) is 0 Å². The van der Waals surface area contributed by atoms with Crippen LogP contribution in [0, 0.1) is 0 Å². The van der Waals surface area contributed by atoms with Crippen LogP contribution in [-0.2, 0) is 11.3 Å². The number of nitrogens with zero attached hydrogens (tertiary/aromatic N) is 2. The zero-order chi connectivity index (χ0) is 14.5. The first-order valence-corrected chi connectivity index (χ1v) is 6.00. The number of methoxy groups -OCH3 is 3. The van der Waals surface area contributed by atoms with Crippen LogP contribution >= 0.6 is 0 Å². The van der Waals surface area contributed by atoms with Crippen molar-refractivity contribution in [2.45, 2.75) is 6.54 Å². The number of ether oxygens (including phenoxy) is 3. The van der Waals surface area contributed by atoms with Gasteiger partial charge in [-0.05, 0) is 18.2 Å². The summed E-state index contributed by atoms with van der Waals surface area (Å²) in [6.45, 7) is 0.522. The van der Waals surface area contributed by atoms with Crippen molar-refractivity contribution < 1.29 is 19.0 Å². The number of aromatic nitrogens is 2. The Morgan fingerprint density at radius 2 is 1.95 bits per heavy atom. The fourth-order valence-electron chi connectivity index (χ4n) is 1.92. The Labute approximate surface area is 116 Å². The average molecular weight is 276 g/mol. The molecule has 2 rings (SSSR count). The maximum Gasteiger partial charge on any atom is 0.341 e. The van der Waals surface area contributed by atoms with Crippen molar-refractivity contribution in [3.63, 3.8) is 0 Å². The molecule has 0 bridgehead atoms. The van der Waals surface area contributed by atoms with E-state index in [1.54, 1.807) is 30.1 Å². The first-order valence-electron chi connectivity index (χ1n) is 6.00. The van der Waals surface area contributed by atoms with E-state index >= 15 is 0 Å². The summed E-state index contributed by atoms with van der Waals surface area (Å²) < 4.78 is 17.1. The Kier molecular flexibility index (Phi) is 4.24. The largest absolute Gasteiger partial charge is 0.496 e. The minimum absolute atomic E-state index is 0.330. The van der Waals surface area contributed by atoms with E-state index in [1.807, 2.05) is 12.3 Å². The number of carbonyl (C=O) groups is 1. The lowest BCUT2D eigenvalue weighted by Gasteiger charge is -2.14. The van der Waals surface area contributed by atoms with Gasteiger partial charge >= 0.3 is 5.97 Å². The Morgan fingerprint density at radius 3 is 2.50 bits per heavy atom. The Morgan fingerprint density at radius 1 is 1.20 bits per heavy atom. The second kappa shape index (κ2) is 6.10. The van der Waals surface area contributed by atoms with Gasteiger partial charge in [-0.2, -0.15) is 5.10 Å². The molecular formula is C14H16N2O4. The fraction of sp³-hybridized carbons (Fsp3) is 0.286. The summed E-state index contributed by atoms with van der Waals surface area (Å²) in [4.78, 5) is 11.7. The van der Waals surface area contributed by atoms with Gasteiger partial charge in [0.2, 0.25) is 0 Å². The molecule has 0 aliphatic heterocycles. The van der Waals surface area contributed by atoms with E-state index < -0.39 is 5.97 Å². The van der Waals surface area contributed by atoms with E-state index in [-0.39, 0.29) is 0 Å². The highest BCUT2D eigenvalue weighted by Gasteiger charge is 2.17. The molecule has 0 amide bonds. The molecule has 0 fully saturated rings. The van der Waals surface area contributed by atoms with Crippen molar-refractivity contribution in [2.24, 2.45) is 0 Å². The highest BCUT2D eigenvalue weighted by Crippen LogP contribution is 2.29. The van der Waals surface area contributed by atoms with Crippen LogP contribution in [-0.4, -0.2) is 37.1 Å². The molecule has 1 aromatic carbocycles. The van der Waals surface area contributed by atoms with Gasteiger partial charge in [0, 0.05) is 18.0 Å². The molecule has 1 heterocycles. The van der Waals surface area contributed by atoms with Crippen LogP contribution in [0.3, 0.4) is 0 Å². The maximum atomic E-state index is 11.7. The van der Waals surface area contributed by atoms with Crippen LogP contribution in [0.1, 0.15) is 15.9 Å². The van der Waals surface area contributed by atoms with Crippen molar-refractivity contribution in [3.8, 4) is 11.5 Å². The molecule has 0 unspecified atom stereocenters. The summed E-state index contributed by atoms with van der Waals surface area (Å²) in [5, 5.41) is 4.14. The monoisotopic (exact) mass is 276 g/mol. The molecule has 0 radical (unpaired) electrons.